The lowest BCUT2D eigenvalue weighted by atomic mass is 10.1. The summed E-state index contributed by atoms with van der Waals surface area (Å²) in [4.78, 5) is 9.37. The van der Waals surface area contributed by atoms with Crippen molar-refractivity contribution < 1.29 is 4.74 Å². The molecule has 152 valence electrons. The second kappa shape index (κ2) is 9.71. The van der Waals surface area contributed by atoms with Crippen LogP contribution in [-0.4, -0.2) is 65.9 Å². The molecule has 3 rings (SSSR count). The van der Waals surface area contributed by atoms with Crippen LogP contribution in [0, 0.1) is 0 Å². The van der Waals surface area contributed by atoms with Crippen LogP contribution in [0.1, 0.15) is 29.7 Å². The Morgan fingerprint density at radius 1 is 1.36 bits per heavy atom. The Balaban J connectivity index is 1.69. The molecule has 0 amide bonds. The molecule has 2 aromatic rings. The van der Waals surface area contributed by atoms with Crippen molar-refractivity contribution in [1.82, 2.24) is 24.9 Å². The van der Waals surface area contributed by atoms with Gasteiger partial charge in [0.05, 0.1) is 25.9 Å². The van der Waals surface area contributed by atoms with Crippen molar-refractivity contribution >= 4 is 5.96 Å². The molecule has 0 bridgehead atoms. The first-order valence-electron chi connectivity index (χ1n) is 9.91. The minimum atomic E-state index is 0.0229. The van der Waals surface area contributed by atoms with Gasteiger partial charge in [-0.25, -0.2) is 4.99 Å². The fraction of sp³-hybridized carbons (Fsp3) is 0.524. The molecule has 7 nitrogen and oxygen atoms in total. The minimum absolute atomic E-state index is 0.0229. The van der Waals surface area contributed by atoms with Gasteiger partial charge in [0, 0.05) is 38.4 Å². The lowest BCUT2D eigenvalue weighted by Crippen LogP contribution is -2.48. The Morgan fingerprint density at radius 3 is 2.89 bits per heavy atom. The number of benzene rings is 1. The first kappa shape index (κ1) is 20.4. The number of hydrogen-bond acceptors (Lipinski definition) is 4. The molecule has 1 saturated heterocycles. The van der Waals surface area contributed by atoms with E-state index < -0.39 is 0 Å². The van der Waals surface area contributed by atoms with E-state index in [0.29, 0.717) is 13.2 Å². The Morgan fingerprint density at radius 2 is 2.18 bits per heavy atom. The van der Waals surface area contributed by atoms with Gasteiger partial charge >= 0.3 is 0 Å². The summed E-state index contributed by atoms with van der Waals surface area (Å²) < 4.78 is 7.79. The van der Waals surface area contributed by atoms with Crippen molar-refractivity contribution in [2.24, 2.45) is 12.0 Å². The molecule has 0 saturated carbocycles. The van der Waals surface area contributed by atoms with Crippen molar-refractivity contribution in [3.63, 3.8) is 0 Å². The van der Waals surface area contributed by atoms with Crippen LogP contribution < -0.4 is 5.32 Å². The number of aryl methyl sites for hydroxylation is 1. The summed E-state index contributed by atoms with van der Waals surface area (Å²) in [5, 5.41) is 7.71. The summed E-state index contributed by atoms with van der Waals surface area (Å²) >= 11 is 0. The highest BCUT2D eigenvalue weighted by molar-refractivity contribution is 5.80. The zero-order chi connectivity index (χ0) is 19.9. The predicted molar refractivity (Wildman–Crippen MR) is 112 cm³/mol. The van der Waals surface area contributed by atoms with Gasteiger partial charge in [0.2, 0.25) is 0 Å². The van der Waals surface area contributed by atoms with Crippen LogP contribution in [0.2, 0.25) is 0 Å². The molecule has 0 radical (unpaired) electrons. The lowest BCUT2D eigenvalue weighted by molar-refractivity contribution is -0.00805. The molecule has 1 N–H and O–H groups in total. The predicted octanol–water partition coefficient (Wildman–Crippen LogP) is 2.02. The van der Waals surface area contributed by atoms with E-state index in [-0.39, 0.29) is 6.10 Å². The number of aromatic nitrogens is 2. The third-order valence-corrected chi connectivity index (χ3v) is 4.70. The summed E-state index contributed by atoms with van der Waals surface area (Å²) in [6.45, 7) is 6.84. The molecule has 1 aliphatic heterocycles. The van der Waals surface area contributed by atoms with E-state index >= 15 is 0 Å². The highest BCUT2D eigenvalue weighted by Crippen LogP contribution is 2.21. The fourth-order valence-electron chi connectivity index (χ4n) is 3.43. The molecular weight excluding hydrogens is 352 g/mol. The van der Waals surface area contributed by atoms with Crippen LogP contribution in [0.4, 0.5) is 0 Å². The summed E-state index contributed by atoms with van der Waals surface area (Å²) in [6, 6.07) is 8.66. The van der Waals surface area contributed by atoms with Gasteiger partial charge in [-0.2, -0.15) is 5.10 Å². The molecule has 1 unspecified atom stereocenters. The van der Waals surface area contributed by atoms with E-state index in [2.05, 4.69) is 65.5 Å². The van der Waals surface area contributed by atoms with E-state index in [1.807, 2.05) is 24.1 Å². The first-order valence-corrected chi connectivity index (χ1v) is 9.91. The number of ether oxygens (including phenoxy) is 1. The molecule has 1 atom stereocenters. The molecule has 1 aromatic carbocycles. The summed E-state index contributed by atoms with van der Waals surface area (Å²) in [7, 11) is 6.11. The maximum absolute atomic E-state index is 5.97. The molecule has 1 aliphatic rings. The van der Waals surface area contributed by atoms with Crippen LogP contribution in [0.15, 0.2) is 41.7 Å². The number of morpholine rings is 1. The number of rotatable bonds is 6. The Hall–Kier alpha value is -2.38. The van der Waals surface area contributed by atoms with Crippen molar-refractivity contribution in [1.29, 1.82) is 0 Å². The lowest BCUT2D eigenvalue weighted by Gasteiger charge is -2.34. The van der Waals surface area contributed by atoms with E-state index in [9.17, 15) is 0 Å². The highest BCUT2D eigenvalue weighted by atomic mass is 16.5. The van der Waals surface area contributed by atoms with Gasteiger partial charge in [-0.3, -0.25) is 4.68 Å². The van der Waals surface area contributed by atoms with E-state index in [4.69, 9.17) is 9.73 Å². The molecule has 28 heavy (non-hydrogen) atoms. The molecular formula is C21H32N6O. The maximum Gasteiger partial charge on any atom is 0.194 e. The average molecular weight is 385 g/mol. The Labute approximate surface area is 168 Å². The van der Waals surface area contributed by atoms with Crippen LogP contribution in [0.3, 0.4) is 0 Å². The second-order valence-electron chi connectivity index (χ2n) is 7.48. The highest BCUT2D eigenvalue weighted by Gasteiger charge is 2.25. The molecule has 7 heteroatoms. The van der Waals surface area contributed by atoms with Crippen LogP contribution in [-0.2, 0) is 24.9 Å². The standard InChI is InChI=1S/C21H32N6O/c1-5-22-21(23-12-17-7-6-8-18(11-17)14-25(2)3)27-9-10-28-20(16-27)19-13-24-26(4)15-19/h6-8,11,13,15,20H,5,9-10,12,14,16H2,1-4H3,(H,22,23). The molecule has 0 aliphatic carbocycles. The Kier molecular flexibility index (Phi) is 7.06. The van der Waals surface area contributed by atoms with Crippen molar-refractivity contribution in [2.75, 3.05) is 40.3 Å². The second-order valence-corrected chi connectivity index (χ2v) is 7.48. The zero-order valence-electron chi connectivity index (χ0n) is 17.4. The van der Waals surface area contributed by atoms with Gasteiger partial charge < -0.3 is 19.9 Å². The van der Waals surface area contributed by atoms with Gasteiger partial charge in [0.1, 0.15) is 6.10 Å². The fourth-order valence-corrected chi connectivity index (χ4v) is 3.43. The summed E-state index contributed by atoms with van der Waals surface area (Å²) in [6.07, 6.45) is 3.93. The molecule has 2 heterocycles. The monoisotopic (exact) mass is 384 g/mol. The number of guanidine groups is 1. The van der Waals surface area contributed by atoms with Crippen molar-refractivity contribution in [3.05, 3.63) is 53.3 Å². The molecule has 1 fully saturated rings. The zero-order valence-corrected chi connectivity index (χ0v) is 17.4. The quantitative estimate of drug-likeness (QED) is 0.610. The minimum Gasteiger partial charge on any atom is -0.370 e. The van der Waals surface area contributed by atoms with Crippen molar-refractivity contribution in [2.45, 2.75) is 26.1 Å². The third-order valence-electron chi connectivity index (χ3n) is 4.70. The van der Waals surface area contributed by atoms with Crippen molar-refractivity contribution in [3.8, 4) is 0 Å². The van der Waals surface area contributed by atoms with Gasteiger partial charge in [0.15, 0.2) is 5.96 Å². The smallest absolute Gasteiger partial charge is 0.194 e. The number of nitrogens with one attached hydrogen (secondary N) is 1. The van der Waals surface area contributed by atoms with Gasteiger partial charge in [-0.05, 0) is 32.1 Å². The normalized spacial score (nSPS) is 18.0. The van der Waals surface area contributed by atoms with E-state index in [1.54, 1.807) is 0 Å². The topological polar surface area (TPSA) is 57.9 Å². The third kappa shape index (κ3) is 5.56. The van der Waals surface area contributed by atoms with Gasteiger partial charge in [-0.15, -0.1) is 0 Å². The van der Waals surface area contributed by atoms with Crippen LogP contribution in [0.5, 0.6) is 0 Å². The SMILES string of the molecule is CCNC(=NCc1cccc(CN(C)C)c1)N1CCOC(c2cnn(C)c2)C1. The van der Waals surface area contributed by atoms with Gasteiger partial charge in [0.25, 0.3) is 0 Å². The van der Waals surface area contributed by atoms with Crippen LogP contribution in [0.25, 0.3) is 0 Å². The summed E-state index contributed by atoms with van der Waals surface area (Å²) in [5.41, 5.74) is 3.65. The summed E-state index contributed by atoms with van der Waals surface area (Å²) in [5.74, 6) is 0.942. The van der Waals surface area contributed by atoms with E-state index in [1.165, 1.54) is 11.1 Å². The van der Waals surface area contributed by atoms with Gasteiger partial charge in [-0.1, -0.05) is 24.3 Å². The number of hydrogen-bond donors (Lipinski definition) is 1. The van der Waals surface area contributed by atoms with E-state index in [0.717, 1.165) is 37.7 Å². The van der Waals surface area contributed by atoms with Crippen LogP contribution >= 0.6 is 0 Å². The Bertz CT molecular complexity index is 785. The average Bonchev–Trinajstić information content (AvgIpc) is 3.11. The molecule has 0 spiro atoms. The largest absolute Gasteiger partial charge is 0.370 e. The number of nitrogens with zero attached hydrogens (tertiary/aromatic N) is 5. The molecule has 1 aromatic heterocycles. The maximum atomic E-state index is 5.97. The number of aliphatic imine (C=N–C) groups is 1. The first-order chi connectivity index (χ1) is 13.5.